The van der Waals surface area contributed by atoms with Gasteiger partial charge in [0.25, 0.3) is 0 Å². The highest BCUT2D eigenvalue weighted by molar-refractivity contribution is 7.22. The summed E-state index contributed by atoms with van der Waals surface area (Å²) in [6.07, 6.45) is 2.42. The van der Waals surface area contributed by atoms with Gasteiger partial charge in [-0.2, -0.15) is 0 Å². The van der Waals surface area contributed by atoms with Crippen molar-refractivity contribution in [3.8, 4) is 5.75 Å². The summed E-state index contributed by atoms with van der Waals surface area (Å²) in [5.74, 6) is 0.912. The Balaban J connectivity index is 1.75. The van der Waals surface area contributed by atoms with Gasteiger partial charge >= 0.3 is 0 Å². The summed E-state index contributed by atoms with van der Waals surface area (Å²) in [6, 6.07) is 6.53. The summed E-state index contributed by atoms with van der Waals surface area (Å²) < 4.78 is 12.3. The van der Waals surface area contributed by atoms with Crippen LogP contribution in [0, 0.1) is 0 Å². The van der Waals surface area contributed by atoms with E-state index in [4.69, 9.17) is 9.47 Å². The van der Waals surface area contributed by atoms with Gasteiger partial charge in [-0.15, -0.1) is 0 Å². The molecule has 1 fully saturated rings. The van der Waals surface area contributed by atoms with Gasteiger partial charge in [0.2, 0.25) is 0 Å². The van der Waals surface area contributed by atoms with Crippen molar-refractivity contribution in [2.24, 2.45) is 0 Å². The number of nitrogens with zero attached hydrogens (tertiary/aromatic N) is 1. The molecule has 0 saturated carbocycles. The van der Waals surface area contributed by atoms with E-state index in [1.807, 2.05) is 19.1 Å². The number of aromatic nitrogens is 1. The SMILES string of the molecule is CCOc1ccc2nc(NC3CCOC(C)C3)sc2c1. The molecule has 1 aromatic carbocycles. The Labute approximate surface area is 123 Å². The molecule has 1 aliphatic heterocycles. The molecular formula is C15H20N2O2S. The predicted octanol–water partition coefficient (Wildman–Crippen LogP) is 3.67. The third kappa shape index (κ3) is 3.04. The first-order valence-electron chi connectivity index (χ1n) is 7.16. The van der Waals surface area contributed by atoms with E-state index in [1.54, 1.807) is 11.3 Å². The van der Waals surface area contributed by atoms with E-state index >= 15 is 0 Å². The van der Waals surface area contributed by atoms with Gasteiger partial charge < -0.3 is 14.8 Å². The highest BCUT2D eigenvalue weighted by Gasteiger charge is 2.20. The highest BCUT2D eigenvalue weighted by atomic mass is 32.1. The number of hydrogen-bond acceptors (Lipinski definition) is 5. The fourth-order valence-corrected chi connectivity index (χ4v) is 3.50. The number of rotatable bonds is 4. The van der Waals surface area contributed by atoms with Gasteiger partial charge in [0, 0.05) is 12.6 Å². The summed E-state index contributed by atoms with van der Waals surface area (Å²) in [4.78, 5) is 4.64. The maximum absolute atomic E-state index is 5.57. The highest BCUT2D eigenvalue weighted by Crippen LogP contribution is 2.30. The number of ether oxygens (including phenoxy) is 2. The third-order valence-corrected chi connectivity index (χ3v) is 4.43. The zero-order valence-corrected chi connectivity index (χ0v) is 12.7. The Kier molecular flexibility index (Phi) is 4.08. The topological polar surface area (TPSA) is 43.4 Å². The fourth-order valence-electron chi connectivity index (χ4n) is 2.53. The smallest absolute Gasteiger partial charge is 0.184 e. The lowest BCUT2D eigenvalue weighted by Crippen LogP contribution is -2.32. The monoisotopic (exact) mass is 292 g/mol. The maximum Gasteiger partial charge on any atom is 0.184 e. The Morgan fingerprint density at radius 2 is 2.40 bits per heavy atom. The van der Waals surface area contributed by atoms with Gasteiger partial charge in [-0.3, -0.25) is 0 Å². The van der Waals surface area contributed by atoms with Gasteiger partial charge in [-0.25, -0.2) is 4.98 Å². The lowest BCUT2D eigenvalue weighted by atomic mass is 10.1. The standard InChI is InChI=1S/C15H20N2O2S/c1-3-18-12-4-5-13-14(9-12)20-15(17-13)16-11-6-7-19-10(2)8-11/h4-5,9-11H,3,6-8H2,1-2H3,(H,16,17). The lowest BCUT2D eigenvalue weighted by molar-refractivity contribution is 0.0232. The second-order valence-electron chi connectivity index (χ2n) is 5.13. The largest absolute Gasteiger partial charge is 0.494 e. The summed E-state index contributed by atoms with van der Waals surface area (Å²) in [7, 11) is 0. The number of nitrogens with one attached hydrogen (secondary N) is 1. The van der Waals surface area contributed by atoms with E-state index in [2.05, 4.69) is 23.3 Å². The van der Waals surface area contributed by atoms with Crippen molar-refractivity contribution < 1.29 is 9.47 Å². The van der Waals surface area contributed by atoms with E-state index in [9.17, 15) is 0 Å². The second-order valence-corrected chi connectivity index (χ2v) is 6.16. The van der Waals surface area contributed by atoms with Crippen molar-refractivity contribution >= 4 is 26.7 Å². The van der Waals surface area contributed by atoms with Crippen LogP contribution in [-0.2, 0) is 4.74 Å². The number of benzene rings is 1. The minimum Gasteiger partial charge on any atom is -0.494 e. The molecule has 0 aliphatic carbocycles. The van der Waals surface area contributed by atoms with E-state index in [1.165, 1.54) is 4.70 Å². The lowest BCUT2D eigenvalue weighted by Gasteiger charge is -2.27. The summed E-state index contributed by atoms with van der Waals surface area (Å²) >= 11 is 1.69. The van der Waals surface area contributed by atoms with Gasteiger partial charge in [-0.1, -0.05) is 11.3 Å². The van der Waals surface area contributed by atoms with Crippen LogP contribution in [0.25, 0.3) is 10.2 Å². The number of thiazole rings is 1. The second kappa shape index (κ2) is 5.97. The van der Waals surface area contributed by atoms with E-state index in [0.717, 1.165) is 35.8 Å². The molecule has 1 saturated heterocycles. The third-order valence-electron chi connectivity index (χ3n) is 3.48. The quantitative estimate of drug-likeness (QED) is 0.933. The van der Waals surface area contributed by atoms with Crippen LogP contribution in [0.5, 0.6) is 5.75 Å². The zero-order valence-electron chi connectivity index (χ0n) is 11.9. The van der Waals surface area contributed by atoms with Crippen LogP contribution in [0.4, 0.5) is 5.13 Å². The number of hydrogen-bond donors (Lipinski definition) is 1. The predicted molar refractivity (Wildman–Crippen MR) is 82.8 cm³/mol. The van der Waals surface area contributed by atoms with E-state index < -0.39 is 0 Å². The number of anilines is 1. The van der Waals surface area contributed by atoms with Crippen LogP contribution < -0.4 is 10.1 Å². The Morgan fingerprint density at radius 3 is 3.20 bits per heavy atom. The molecule has 2 atom stereocenters. The van der Waals surface area contributed by atoms with E-state index in [0.29, 0.717) is 18.8 Å². The first-order valence-corrected chi connectivity index (χ1v) is 7.98. The van der Waals surface area contributed by atoms with Gasteiger partial charge in [0.05, 0.1) is 22.9 Å². The minimum absolute atomic E-state index is 0.334. The molecule has 108 valence electrons. The molecule has 2 unspecified atom stereocenters. The normalized spacial score (nSPS) is 22.9. The first-order chi connectivity index (χ1) is 9.74. The molecule has 4 nitrogen and oxygen atoms in total. The van der Waals surface area contributed by atoms with Crippen molar-refractivity contribution in [2.45, 2.75) is 38.8 Å². The molecular weight excluding hydrogens is 272 g/mol. The zero-order chi connectivity index (χ0) is 13.9. The van der Waals surface area contributed by atoms with Crippen LogP contribution >= 0.6 is 11.3 Å². The average molecular weight is 292 g/mol. The number of fused-ring (bicyclic) bond motifs is 1. The summed E-state index contributed by atoms with van der Waals surface area (Å²) in [5.41, 5.74) is 1.03. The molecule has 2 heterocycles. The van der Waals surface area contributed by atoms with Crippen molar-refractivity contribution in [2.75, 3.05) is 18.5 Å². The van der Waals surface area contributed by atoms with Crippen molar-refractivity contribution in [3.05, 3.63) is 18.2 Å². The minimum atomic E-state index is 0.334. The van der Waals surface area contributed by atoms with Gasteiger partial charge in [0.1, 0.15) is 5.75 Å². The van der Waals surface area contributed by atoms with E-state index in [-0.39, 0.29) is 0 Å². The molecule has 20 heavy (non-hydrogen) atoms. The maximum atomic E-state index is 5.57. The van der Waals surface area contributed by atoms with Crippen LogP contribution in [0.3, 0.4) is 0 Å². The molecule has 5 heteroatoms. The summed E-state index contributed by atoms with van der Waals surface area (Å²) in [6.45, 7) is 5.64. The Morgan fingerprint density at radius 1 is 1.50 bits per heavy atom. The van der Waals surface area contributed by atoms with Gasteiger partial charge in [-0.05, 0) is 44.9 Å². The first kappa shape index (κ1) is 13.6. The molecule has 0 spiro atoms. The molecule has 1 aromatic heterocycles. The van der Waals surface area contributed by atoms with Crippen molar-refractivity contribution in [1.29, 1.82) is 0 Å². The molecule has 3 rings (SSSR count). The fraction of sp³-hybridized carbons (Fsp3) is 0.533. The molecule has 2 aromatic rings. The van der Waals surface area contributed by atoms with Crippen molar-refractivity contribution in [1.82, 2.24) is 4.98 Å². The Bertz CT molecular complexity index is 584. The van der Waals surface area contributed by atoms with Crippen molar-refractivity contribution in [3.63, 3.8) is 0 Å². The Hall–Kier alpha value is -1.33. The molecule has 0 bridgehead atoms. The average Bonchev–Trinajstić information content (AvgIpc) is 2.80. The molecule has 1 N–H and O–H groups in total. The van der Waals surface area contributed by atoms with Crippen LogP contribution in [-0.4, -0.2) is 30.3 Å². The summed E-state index contributed by atoms with van der Waals surface area (Å²) in [5, 5.41) is 4.53. The molecule has 1 aliphatic rings. The molecule has 0 amide bonds. The molecule has 0 radical (unpaired) electrons. The van der Waals surface area contributed by atoms with Gasteiger partial charge in [0.15, 0.2) is 5.13 Å². The van der Waals surface area contributed by atoms with Crippen LogP contribution in [0.2, 0.25) is 0 Å². The van der Waals surface area contributed by atoms with Crippen LogP contribution in [0.15, 0.2) is 18.2 Å². The van der Waals surface area contributed by atoms with Crippen LogP contribution in [0.1, 0.15) is 26.7 Å².